The Morgan fingerprint density at radius 2 is 1.79 bits per heavy atom. The Hall–Kier alpha value is -1.42. The molecule has 0 aliphatic rings. The number of nitrogens with zero attached hydrogens (tertiary/aromatic N) is 1. The van der Waals surface area contributed by atoms with Crippen molar-refractivity contribution < 1.29 is 9.47 Å². The average molecular weight is 196 g/mol. The van der Waals surface area contributed by atoms with Gasteiger partial charge in [0.1, 0.15) is 0 Å². The van der Waals surface area contributed by atoms with Gasteiger partial charge in [-0.1, -0.05) is 0 Å². The molecule has 0 atom stereocenters. The Morgan fingerprint density at radius 3 is 2.29 bits per heavy atom. The molecule has 0 radical (unpaired) electrons. The number of nitrogens with one attached hydrogen (secondary N) is 1. The lowest BCUT2D eigenvalue weighted by Gasteiger charge is -2.18. The zero-order valence-electron chi connectivity index (χ0n) is 9.00. The minimum absolute atomic E-state index is 0.729. The van der Waals surface area contributed by atoms with Crippen LogP contribution in [-0.2, 0) is 0 Å². The second kappa shape index (κ2) is 4.72. The van der Waals surface area contributed by atoms with Crippen molar-refractivity contribution in [3.05, 3.63) is 18.2 Å². The molecular weight excluding hydrogens is 180 g/mol. The zero-order valence-corrected chi connectivity index (χ0v) is 9.00. The van der Waals surface area contributed by atoms with Gasteiger partial charge in [0.25, 0.3) is 0 Å². The van der Waals surface area contributed by atoms with Crippen LogP contribution in [-0.4, -0.2) is 28.3 Å². The number of hydrogen-bond acceptors (Lipinski definition) is 4. The van der Waals surface area contributed by atoms with Crippen molar-refractivity contribution in [1.29, 1.82) is 0 Å². The highest BCUT2D eigenvalue weighted by molar-refractivity contribution is 5.55. The lowest BCUT2D eigenvalue weighted by Crippen LogP contribution is -2.30. The minimum atomic E-state index is 0.729. The maximum absolute atomic E-state index is 5.19. The molecule has 1 aromatic carbocycles. The van der Waals surface area contributed by atoms with Crippen LogP contribution in [0.15, 0.2) is 18.2 Å². The zero-order chi connectivity index (χ0) is 10.6. The summed E-state index contributed by atoms with van der Waals surface area (Å²) in [6.45, 7) is 0. The monoisotopic (exact) mass is 196 g/mol. The minimum Gasteiger partial charge on any atom is -0.493 e. The SMILES string of the molecule is CNN(C)c1ccc(OC)c(OC)c1. The molecule has 4 nitrogen and oxygen atoms in total. The molecule has 0 aromatic heterocycles. The second-order valence-electron chi connectivity index (χ2n) is 2.82. The predicted molar refractivity (Wildman–Crippen MR) is 57.0 cm³/mol. The first-order valence-electron chi connectivity index (χ1n) is 4.36. The molecule has 0 fully saturated rings. The summed E-state index contributed by atoms with van der Waals surface area (Å²) in [6.07, 6.45) is 0. The number of methoxy groups -OCH3 is 2. The fourth-order valence-corrected chi connectivity index (χ4v) is 1.16. The Morgan fingerprint density at radius 1 is 1.14 bits per heavy atom. The maximum Gasteiger partial charge on any atom is 0.162 e. The van der Waals surface area contributed by atoms with Crippen LogP contribution >= 0.6 is 0 Å². The smallest absolute Gasteiger partial charge is 0.162 e. The fraction of sp³-hybridized carbons (Fsp3) is 0.400. The first-order valence-corrected chi connectivity index (χ1v) is 4.36. The molecule has 0 amide bonds. The van der Waals surface area contributed by atoms with Gasteiger partial charge in [-0.25, -0.2) is 5.43 Å². The summed E-state index contributed by atoms with van der Waals surface area (Å²) < 4.78 is 10.3. The van der Waals surface area contributed by atoms with Crippen LogP contribution in [0.25, 0.3) is 0 Å². The van der Waals surface area contributed by atoms with Crippen LogP contribution in [0.1, 0.15) is 0 Å². The number of rotatable bonds is 4. The topological polar surface area (TPSA) is 33.7 Å². The second-order valence-corrected chi connectivity index (χ2v) is 2.82. The van der Waals surface area contributed by atoms with Crippen LogP contribution in [0, 0.1) is 0 Å². The Bertz CT molecular complexity index is 302. The molecule has 0 saturated heterocycles. The molecule has 0 aliphatic carbocycles. The standard InChI is InChI=1S/C10H16N2O2/c1-11-12(2)8-5-6-9(13-3)10(7-8)14-4/h5-7,11H,1-4H3. The van der Waals surface area contributed by atoms with E-state index in [2.05, 4.69) is 5.43 Å². The van der Waals surface area contributed by atoms with E-state index < -0.39 is 0 Å². The summed E-state index contributed by atoms with van der Waals surface area (Å²) in [5.41, 5.74) is 4.03. The van der Waals surface area contributed by atoms with Gasteiger partial charge in [0.05, 0.1) is 19.9 Å². The Labute approximate surface area is 84.4 Å². The van der Waals surface area contributed by atoms with Crippen LogP contribution in [0.5, 0.6) is 11.5 Å². The van der Waals surface area contributed by atoms with Crippen molar-refractivity contribution in [3.63, 3.8) is 0 Å². The van der Waals surface area contributed by atoms with Gasteiger partial charge in [0.15, 0.2) is 11.5 Å². The average Bonchev–Trinajstić information content (AvgIpc) is 2.26. The molecule has 1 rings (SSSR count). The quantitative estimate of drug-likeness (QED) is 0.735. The molecule has 4 heteroatoms. The number of hydrogen-bond donors (Lipinski definition) is 1. The van der Waals surface area contributed by atoms with E-state index in [1.807, 2.05) is 37.3 Å². The largest absolute Gasteiger partial charge is 0.493 e. The van der Waals surface area contributed by atoms with Crippen molar-refractivity contribution in [1.82, 2.24) is 5.43 Å². The molecule has 14 heavy (non-hydrogen) atoms. The summed E-state index contributed by atoms with van der Waals surface area (Å²) in [6, 6.07) is 5.75. The Balaban J connectivity index is 3.01. The first-order chi connectivity index (χ1) is 6.72. The highest BCUT2D eigenvalue weighted by atomic mass is 16.5. The van der Waals surface area contributed by atoms with Crippen molar-refractivity contribution in [2.75, 3.05) is 33.3 Å². The van der Waals surface area contributed by atoms with Gasteiger partial charge in [0.2, 0.25) is 0 Å². The summed E-state index contributed by atoms with van der Waals surface area (Å²) in [7, 11) is 7.04. The number of anilines is 1. The molecule has 0 heterocycles. The predicted octanol–water partition coefficient (Wildman–Crippen LogP) is 1.27. The lowest BCUT2D eigenvalue weighted by atomic mass is 10.2. The van der Waals surface area contributed by atoms with Gasteiger partial charge in [-0.05, 0) is 12.1 Å². The van der Waals surface area contributed by atoms with Crippen molar-refractivity contribution >= 4 is 5.69 Å². The Kier molecular flexibility index (Phi) is 3.59. The summed E-state index contributed by atoms with van der Waals surface area (Å²) in [4.78, 5) is 0. The molecule has 0 saturated carbocycles. The van der Waals surface area contributed by atoms with Gasteiger partial charge < -0.3 is 14.5 Å². The lowest BCUT2D eigenvalue weighted by molar-refractivity contribution is 0.355. The third kappa shape index (κ3) is 2.09. The van der Waals surface area contributed by atoms with Gasteiger partial charge >= 0.3 is 0 Å². The highest BCUT2D eigenvalue weighted by Gasteiger charge is 2.05. The van der Waals surface area contributed by atoms with E-state index in [0.29, 0.717) is 0 Å². The molecule has 1 aromatic rings. The fourth-order valence-electron chi connectivity index (χ4n) is 1.16. The van der Waals surface area contributed by atoms with Crippen molar-refractivity contribution in [2.45, 2.75) is 0 Å². The highest BCUT2D eigenvalue weighted by Crippen LogP contribution is 2.30. The maximum atomic E-state index is 5.19. The van der Waals surface area contributed by atoms with Gasteiger partial charge in [-0.15, -0.1) is 0 Å². The normalized spacial score (nSPS) is 9.71. The van der Waals surface area contributed by atoms with Crippen LogP contribution in [0.4, 0.5) is 5.69 Å². The molecule has 0 aliphatic heterocycles. The van der Waals surface area contributed by atoms with Crippen LogP contribution < -0.4 is 19.9 Å². The van der Waals surface area contributed by atoms with Gasteiger partial charge in [-0.3, -0.25) is 0 Å². The molecule has 0 bridgehead atoms. The first kappa shape index (κ1) is 10.7. The van der Waals surface area contributed by atoms with Crippen LogP contribution in [0.2, 0.25) is 0 Å². The van der Waals surface area contributed by atoms with E-state index in [-0.39, 0.29) is 0 Å². The van der Waals surface area contributed by atoms with Crippen molar-refractivity contribution in [2.24, 2.45) is 0 Å². The van der Waals surface area contributed by atoms with E-state index in [9.17, 15) is 0 Å². The summed E-state index contributed by atoms with van der Waals surface area (Å²) in [5.74, 6) is 1.47. The van der Waals surface area contributed by atoms with Crippen molar-refractivity contribution in [3.8, 4) is 11.5 Å². The number of hydrazine groups is 1. The third-order valence-electron chi connectivity index (χ3n) is 2.09. The molecule has 1 N–H and O–H groups in total. The van der Waals surface area contributed by atoms with E-state index >= 15 is 0 Å². The van der Waals surface area contributed by atoms with E-state index in [4.69, 9.17) is 9.47 Å². The number of benzene rings is 1. The van der Waals surface area contributed by atoms with E-state index in [1.54, 1.807) is 14.2 Å². The number of ether oxygens (including phenoxy) is 2. The summed E-state index contributed by atoms with van der Waals surface area (Å²) >= 11 is 0. The third-order valence-corrected chi connectivity index (χ3v) is 2.09. The molecular formula is C10H16N2O2. The van der Waals surface area contributed by atoms with Crippen LogP contribution in [0.3, 0.4) is 0 Å². The van der Waals surface area contributed by atoms with Gasteiger partial charge in [0, 0.05) is 20.2 Å². The van der Waals surface area contributed by atoms with E-state index in [1.165, 1.54) is 0 Å². The molecule has 0 unspecified atom stereocenters. The molecule has 78 valence electrons. The molecule has 0 spiro atoms. The van der Waals surface area contributed by atoms with E-state index in [0.717, 1.165) is 17.2 Å². The van der Waals surface area contributed by atoms with Gasteiger partial charge in [-0.2, -0.15) is 0 Å². The summed E-state index contributed by atoms with van der Waals surface area (Å²) in [5, 5.41) is 1.89.